The lowest BCUT2D eigenvalue weighted by Crippen LogP contribution is -2.04. The van der Waals surface area contributed by atoms with E-state index in [0.717, 1.165) is 12.2 Å². The topological polar surface area (TPSA) is 9.23 Å². The van der Waals surface area contributed by atoms with Gasteiger partial charge in [-0.15, -0.1) is 0 Å². The molecule has 1 aliphatic rings. The molecule has 0 fully saturated rings. The first kappa shape index (κ1) is 9.63. The maximum Gasteiger partial charge on any atom is 0.102 e. The number of rotatable bonds is 5. The van der Waals surface area contributed by atoms with Gasteiger partial charge in [0, 0.05) is 6.42 Å². The standard InChI is InChI=1S/C11H20O/c1-3-4-5-6-7-11-9-8-10(2)12-11/h8,11H,3-7,9H2,1-2H3. The predicted molar refractivity (Wildman–Crippen MR) is 52.0 cm³/mol. The zero-order valence-corrected chi connectivity index (χ0v) is 8.31. The average molecular weight is 168 g/mol. The van der Waals surface area contributed by atoms with Crippen molar-refractivity contribution in [3.8, 4) is 0 Å². The second kappa shape index (κ2) is 5.23. The monoisotopic (exact) mass is 168 g/mol. The molecule has 1 rings (SSSR count). The normalized spacial score (nSPS) is 22.2. The first-order valence-electron chi connectivity index (χ1n) is 5.16. The Kier molecular flexibility index (Phi) is 4.20. The Morgan fingerprint density at radius 3 is 2.83 bits per heavy atom. The molecule has 1 heterocycles. The fraction of sp³-hybridized carbons (Fsp3) is 0.818. The van der Waals surface area contributed by atoms with Crippen molar-refractivity contribution in [1.29, 1.82) is 0 Å². The molecule has 1 unspecified atom stereocenters. The van der Waals surface area contributed by atoms with Gasteiger partial charge in [0.25, 0.3) is 0 Å². The van der Waals surface area contributed by atoms with Crippen LogP contribution in [0.1, 0.15) is 52.4 Å². The van der Waals surface area contributed by atoms with E-state index in [0.29, 0.717) is 6.10 Å². The van der Waals surface area contributed by atoms with Gasteiger partial charge in [-0.1, -0.05) is 26.2 Å². The van der Waals surface area contributed by atoms with Crippen molar-refractivity contribution in [2.24, 2.45) is 0 Å². The van der Waals surface area contributed by atoms with Crippen molar-refractivity contribution in [2.75, 3.05) is 0 Å². The van der Waals surface area contributed by atoms with E-state index in [1.54, 1.807) is 0 Å². The van der Waals surface area contributed by atoms with E-state index in [2.05, 4.69) is 13.0 Å². The van der Waals surface area contributed by atoms with E-state index in [-0.39, 0.29) is 0 Å². The van der Waals surface area contributed by atoms with Gasteiger partial charge in [-0.05, 0) is 25.8 Å². The lowest BCUT2D eigenvalue weighted by atomic mass is 10.1. The first-order valence-corrected chi connectivity index (χ1v) is 5.16. The fourth-order valence-corrected chi connectivity index (χ4v) is 1.63. The van der Waals surface area contributed by atoms with Crippen molar-refractivity contribution >= 4 is 0 Å². The molecular weight excluding hydrogens is 148 g/mol. The van der Waals surface area contributed by atoms with Crippen LogP contribution in [0.5, 0.6) is 0 Å². The highest BCUT2D eigenvalue weighted by molar-refractivity contribution is 4.97. The molecule has 0 radical (unpaired) electrons. The predicted octanol–water partition coefficient (Wildman–Crippen LogP) is 3.65. The Morgan fingerprint density at radius 1 is 1.42 bits per heavy atom. The SMILES string of the molecule is CCCCCCC1CC=C(C)O1. The Bertz CT molecular complexity index is 149. The highest BCUT2D eigenvalue weighted by atomic mass is 16.5. The van der Waals surface area contributed by atoms with Gasteiger partial charge in [0.05, 0.1) is 5.76 Å². The Labute approximate surface area is 75.8 Å². The van der Waals surface area contributed by atoms with Crippen molar-refractivity contribution in [3.05, 3.63) is 11.8 Å². The van der Waals surface area contributed by atoms with Crippen LogP contribution in [0, 0.1) is 0 Å². The third kappa shape index (κ3) is 3.29. The van der Waals surface area contributed by atoms with E-state index in [1.165, 1.54) is 32.1 Å². The second-order valence-corrected chi connectivity index (χ2v) is 3.64. The summed E-state index contributed by atoms with van der Waals surface area (Å²) in [5.41, 5.74) is 0. The minimum atomic E-state index is 0.502. The minimum absolute atomic E-state index is 0.502. The smallest absolute Gasteiger partial charge is 0.102 e. The summed E-state index contributed by atoms with van der Waals surface area (Å²) in [6, 6.07) is 0. The van der Waals surface area contributed by atoms with Gasteiger partial charge in [0.1, 0.15) is 6.10 Å². The van der Waals surface area contributed by atoms with Crippen LogP contribution in [-0.2, 0) is 4.74 Å². The summed E-state index contributed by atoms with van der Waals surface area (Å²) in [6.45, 7) is 4.30. The highest BCUT2D eigenvalue weighted by Gasteiger charge is 2.13. The van der Waals surface area contributed by atoms with Crippen LogP contribution >= 0.6 is 0 Å². The maximum atomic E-state index is 5.60. The first-order chi connectivity index (χ1) is 5.83. The minimum Gasteiger partial charge on any atom is -0.495 e. The molecule has 0 bridgehead atoms. The van der Waals surface area contributed by atoms with E-state index in [1.807, 2.05) is 6.92 Å². The number of hydrogen-bond donors (Lipinski definition) is 0. The molecule has 1 atom stereocenters. The Balaban J connectivity index is 1.95. The summed E-state index contributed by atoms with van der Waals surface area (Å²) in [5.74, 6) is 1.12. The third-order valence-corrected chi connectivity index (χ3v) is 2.40. The number of unbranched alkanes of at least 4 members (excludes halogenated alkanes) is 3. The molecule has 0 aliphatic carbocycles. The van der Waals surface area contributed by atoms with Gasteiger partial charge in [0.2, 0.25) is 0 Å². The van der Waals surface area contributed by atoms with Crippen LogP contribution in [0.15, 0.2) is 11.8 Å². The van der Waals surface area contributed by atoms with Gasteiger partial charge < -0.3 is 4.74 Å². The van der Waals surface area contributed by atoms with Crippen LogP contribution in [0.2, 0.25) is 0 Å². The molecule has 0 saturated carbocycles. The molecule has 70 valence electrons. The van der Waals surface area contributed by atoms with Crippen LogP contribution < -0.4 is 0 Å². The zero-order chi connectivity index (χ0) is 8.81. The average Bonchev–Trinajstić information content (AvgIpc) is 2.45. The Hall–Kier alpha value is -0.460. The van der Waals surface area contributed by atoms with Crippen molar-refractivity contribution in [1.82, 2.24) is 0 Å². The van der Waals surface area contributed by atoms with Gasteiger partial charge in [-0.25, -0.2) is 0 Å². The van der Waals surface area contributed by atoms with E-state index in [4.69, 9.17) is 4.74 Å². The molecule has 1 heteroatoms. The molecule has 0 amide bonds. The summed E-state index contributed by atoms with van der Waals surface area (Å²) in [7, 11) is 0. The van der Waals surface area contributed by atoms with Crippen molar-refractivity contribution < 1.29 is 4.74 Å². The van der Waals surface area contributed by atoms with E-state index < -0.39 is 0 Å². The lowest BCUT2D eigenvalue weighted by molar-refractivity contribution is 0.133. The summed E-state index contributed by atoms with van der Waals surface area (Å²) in [4.78, 5) is 0. The second-order valence-electron chi connectivity index (χ2n) is 3.64. The summed E-state index contributed by atoms with van der Waals surface area (Å²) >= 11 is 0. The summed E-state index contributed by atoms with van der Waals surface area (Å²) < 4.78 is 5.60. The Morgan fingerprint density at radius 2 is 2.25 bits per heavy atom. The molecular formula is C11H20O. The molecule has 0 spiro atoms. The van der Waals surface area contributed by atoms with Gasteiger partial charge >= 0.3 is 0 Å². The third-order valence-electron chi connectivity index (χ3n) is 2.40. The highest BCUT2D eigenvalue weighted by Crippen LogP contribution is 2.21. The number of hydrogen-bond acceptors (Lipinski definition) is 1. The van der Waals surface area contributed by atoms with Crippen LogP contribution in [0.4, 0.5) is 0 Å². The molecule has 0 aromatic rings. The van der Waals surface area contributed by atoms with Crippen LogP contribution in [0.3, 0.4) is 0 Å². The van der Waals surface area contributed by atoms with E-state index in [9.17, 15) is 0 Å². The van der Waals surface area contributed by atoms with Gasteiger partial charge in [-0.3, -0.25) is 0 Å². The van der Waals surface area contributed by atoms with Crippen LogP contribution in [-0.4, -0.2) is 6.10 Å². The van der Waals surface area contributed by atoms with Gasteiger partial charge in [0.15, 0.2) is 0 Å². The fourth-order valence-electron chi connectivity index (χ4n) is 1.63. The molecule has 0 aromatic carbocycles. The lowest BCUT2D eigenvalue weighted by Gasteiger charge is -2.10. The molecule has 0 aromatic heterocycles. The largest absolute Gasteiger partial charge is 0.495 e. The maximum absolute atomic E-state index is 5.60. The number of ether oxygens (including phenoxy) is 1. The molecule has 12 heavy (non-hydrogen) atoms. The van der Waals surface area contributed by atoms with Crippen LogP contribution in [0.25, 0.3) is 0 Å². The summed E-state index contributed by atoms with van der Waals surface area (Å²) in [6.07, 6.45) is 10.5. The van der Waals surface area contributed by atoms with Gasteiger partial charge in [-0.2, -0.15) is 0 Å². The van der Waals surface area contributed by atoms with Crippen molar-refractivity contribution in [3.63, 3.8) is 0 Å². The van der Waals surface area contributed by atoms with E-state index >= 15 is 0 Å². The zero-order valence-electron chi connectivity index (χ0n) is 8.31. The van der Waals surface area contributed by atoms with Crippen molar-refractivity contribution in [2.45, 2.75) is 58.5 Å². The quantitative estimate of drug-likeness (QED) is 0.569. The molecule has 0 saturated heterocycles. The molecule has 1 aliphatic heterocycles. The summed E-state index contributed by atoms with van der Waals surface area (Å²) in [5, 5.41) is 0. The number of allylic oxidation sites excluding steroid dienone is 1. The molecule has 1 nitrogen and oxygen atoms in total. The molecule has 0 N–H and O–H groups in total.